The number of benzene rings is 2. The topological polar surface area (TPSA) is 53.8 Å². The second kappa shape index (κ2) is 10.1. The molecule has 5 heteroatoms. The van der Waals surface area contributed by atoms with E-state index in [-0.39, 0.29) is 24.4 Å². The number of nitrogens with zero attached hydrogens (tertiary/aromatic N) is 2. The third-order valence-corrected chi connectivity index (χ3v) is 5.28. The van der Waals surface area contributed by atoms with Crippen LogP contribution < -0.4 is 0 Å². The van der Waals surface area contributed by atoms with Crippen LogP contribution in [-0.4, -0.2) is 34.2 Å². The second-order valence-electron chi connectivity index (χ2n) is 8.09. The van der Waals surface area contributed by atoms with Gasteiger partial charge in [0.05, 0.1) is 6.54 Å². The third-order valence-electron chi connectivity index (χ3n) is 5.28. The quantitative estimate of drug-likeness (QED) is 0.519. The van der Waals surface area contributed by atoms with Gasteiger partial charge in [0.2, 0.25) is 5.91 Å². The standard InChI is InChI=1S/C26H30N2O3/c1-19(2)28(26(30)24-13-9-8-10-20(24)3)18-25(29)27(16-22-11-6-5-7-12-22)17-23-15-14-21(4)31-23/h5-15,19H,16-18H2,1-4H3. The first kappa shape index (κ1) is 22.3. The maximum Gasteiger partial charge on any atom is 0.254 e. The first-order valence-corrected chi connectivity index (χ1v) is 10.6. The molecular formula is C26H30N2O3. The average molecular weight is 419 g/mol. The van der Waals surface area contributed by atoms with Gasteiger partial charge >= 0.3 is 0 Å². The highest BCUT2D eigenvalue weighted by Gasteiger charge is 2.26. The number of carbonyl (C=O) groups is 2. The average Bonchev–Trinajstić information content (AvgIpc) is 3.16. The fourth-order valence-electron chi connectivity index (χ4n) is 3.50. The predicted molar refractivity (Wildman–Crippen MR) is 121 cm³/mol. The van der Waals surface area contributed by atoms with E-state index in [4.69, 9.17) is 4.42 Å². The molecule has 1 heterocycles. The lowest BCUT2D eigenvalue weighted by molar-refractivity contribution is -0.133. The van der Waals surface area contributed by atoms with Gasteiger partial charge in [0.15, 0.2) is 0 Å². The van der Waals surface area contributed by atoms with Crippen LogP contribution in [0.4, 0.5) is 0 Å². The Balaban J connectivity index is 1.82. The molecule has 2 amide bonds. The molecule has 3 rings (SSSR count). The van der Waals surface area contributed by atoms with Crippen LogP contribution in [0.1, 0.15) is 46.9 Å². The summed E-state index contributed by atoms with van der Waals surface area (Å²) in [4.78, 5) is 30.0. The number of rotatable bonds is 8. The summed E-state index contributed by atoms with van der Waals surface area (Å²) in [6.07, 6.45) is 0. The third kappa shape index (κ3) is 5.85. The Morgan fingerprint density at radius 1 is 0.871 bits per heavy atom. The Hall–Kier alpha value is -3.34. The molecule has 2 aromatic carbocycles. The number of amides is 2. The molecule has 0 spiro atoms. The van der Waals surface area contributed by atoms with Crippen molar-refractivity contribution in [3.8, 4) is 0 Å². The molecule has 0 aliphatic heterocycles. The second-order valence-corrected chi connectivity index (χ2v) is 8.09. The molecule has 0 bridgehead atoms. The maximum absolute atomic E-state index is 13.4. The van der Waals surface area contributed by atoms with Gasteiger partial charge in [-0.1, -0.05) is 48.5 Å². The minimum Gasteiger partial charge on any atom is -0.464 e. The molecule has 5 nitrogen and oxygen atoms in total. The normalized spacial score (nSPS) is 10.9. The number of hydrogen-bond donors (Lipinski definition) is 0. The van der Waals surface area contributed by atoms with Gasteiger partial charge in [-0.05, 0) is 57.0 Å². The van der Waals surface area contributed by atoms with Gasteiger partial charge in [-0.15, -0.1) is 0 Å². The van der Waals surface area contributed by atoms with Crippen molar-refractivity contribution in [2.45, 2.75) is 46.8 Å². The van der Waals surface area contributed by atoms with E-state index < -0.39 is 0 Å². The van der Waals surface area contributed by atoms with Crippen LogP contribution in [0.15, 0.2) is 71.1 Å². The molecule has 0 aliphatic carbocycles. The zero-order valence-electron chi connectivity index (χ0n) is 18.7. The van der Waals surface area contributed by atoms with E-state index in [9.17, 15) is 9.59 Å². The van der Waals surface area contributed by atoms with Crippen molar-refractivity contribution in [3.63, 3.8) is 0 Å². The Bertz CT molecular complexity index is 1020. The fraction of sp³-hybridized carbons (Fsp3) is 0.308. The maximum atomic E-state index is 13.4. The lowest BCUT2D eigenvalue weighted by atomic mass is 10.1. The molecule has 0 radical (unpaired) electrons. The van der Waals surface area contributed by atoms with Gasteiger partial charge in [0.25, 0.3) is 5.91 Å². The summed E-state index contributed by atoms with van der Waals surface area (Å²) in [5.74, 6) is 1.28. The Morgan fingerprint density at radius 2 is 1.55 bits per heavy atom. The summed E-state index contributed by atoms with van der Waals surface area (Å²) in [5.41, 5.74) is 2.55. The minimum absolute atomic E-state index is 0.0113. The Labute approximate surface area is 184 Å². The van der Waals surface area contributed by atoms with Gasteiger partial charge in [0, 0.05) is 18.2 Å². The fourth-order valence-corrected chi connectivity index (χ4v) is 3.50. The van der Waals surface area contributed by atoms with Crippen molar-refractivity contribution < 1.29 is 14.0 Å². The predicted octanol–water partition coefficient (Wildman–Crippen LogP) is 4.98. The van der Waals surface area contributed by atoms with Crippen molar-refractivity contribution >= 4 is 11.8 Å². The number of hydrogen-bond acceptors (Lipinski definition) is 3. The highest BCUT2D eigenvalue weighted by atomic mass is 16.3. The molecule has 0 aliphatic rings. The largest absolute Gasteiger partial charge is 0.464 e. The minimum atomic E-state index is -0.130. The molecule has 0 atom stereocenters. The van der Waals surface area contributed by atoms with Crippen molar-refractivity contribution in [3.05, 3.63) is 94.9 Å². The van der Waals surface area contributed by atoms with Gasteiger partial charge in [0.1, 0.15) is 18.1 Å². The van der Waals surface area contributed by atoms with Crippen molar-refractivity contribution in [1.82, 2.24) is 9.80 Å². The van der Waals surface area contributed by atoms with E-state index in [1.165, 1.54) is 0 Å². The molecular weight excluding hydrogens is 388 g/mol. The van der Waals surface area contributed by atoms with E-state index >= 15 is 0 Å². The van der Waals surface area contributed by atoms with Crippen LogP contribution in [0.5, 0.6) is 0 Å². The van der Waals surface area contributed by atoms with Gasteiger partial charge in [-0.25, -0.2) is 0 Å². The molecule has 0 N–H and O–H groups in total. The van der Waals surface area contributed by atoms with Crippen LogP contribution in [0.3, 0.4) is 0 Å². The van der Waals surface area contributed by atoms with Crippen molar-refractivity contribution in [2.75, 3.05) is 6.54 Å². The number of aryl methyl sites for hydroxylation is 2. The summed E-state index contributed by atoms with van der Waals surface area (Å²) in [6.45, 7) is 8.47. The summed E-state index contributed by atoms with van der Waals surface area (Å²) >= 11 is 0. The molecule has 0 fully saturated rings. The number of furan rings is 1. The van der Waals surface area contributed by atoms with Gasteiger partial charge < -0.3 is 14.2 Å². The highest BCUT2D eigenvalue weighted by Crippen LogP contribution is 2.16. The molecule has 162 valence electrons. The van der Waals surface area contributed by atoms with Crippen LogP contribution in [0.25, 0.3) is 0 Å². The first-order chi connectivity index (χ1) is 14.8. The van der Waals surface area contributed by atoms with E-state index in [1.54, 1.807) is 9.80 Å². The summed E-state index contributed by atoms with van der Waals surface area (Å²) < 4.78 is 5.71. The van der Waals surface area contributed by atoms with Crippen LogP contribution in [-0.2, 0) is 17.9 Å². The zero-order valence-corrected chi connectivity index (χ0v) is 18.7. The number of carbonyl (C=O) groups excluding carboxylic acids is 2. The van der Waals surface area contributed by atoms with E-state index in [2.05, 4.69) is 0 Å². The molecule has 0 unspecified atom stereocenters. The summed E-state index contributed by atoms with van der Waals surface area (Å²) in [5, 5.41) is 0. The van der Waals surface area contributed by atoms with Crippen LogP contribution in [0.2, 0.25) is 0 Å². The molecule has 3 aromatic rings. The van der Waals surface area contributed by atoms with Crippen LogP contribution >= 0.6 is 0 Å². The smallest absolute Gasteiger partial charge is 0.254 e. The molecule has 1 aromatic heterocycles. The van der Waals surface area contributed by atoms with Gasteiger partial charge in [-0.3, -0.25) is 9.59 Å². The lowest BCUT2D eigenvalue weighted by Gasteiger charge is -2.30. The van der Waals surface area contributed by atoms with E-state index in [0.29, 0.717) is 18.7 Å². The van der Waals surface area contributed by atoms with Gasteiger partial charge in [-0.2, -0.15) is 0 Å². The van der Waals surface area contributed by atoms with Crippen molar-refractivity contribution in [1.29, 1.82) is 0 Å². The zero-order chi connectivity index (χ0) is 22.4. The van der Waals surface area contributed by atoms with E-state index in [1.807, 2.05) is 94.4 Å². The lowest BCUT2D eigenvalue weighted by Crippen LogP contribution is -2.45. The Kier molecular flexibility index (Phi) is 7.29. The summed E-state index contributed by atoms with van der Waals surface area (Å²) in [7, 11) is 0. The summed E-state index contributed by atoms with van der Waals surface area (Å²) in [6, 6.07) is 21.0. The first-order valence-electron chi connectivity index (χ1n) is 10.6. The SMILES string of the molecule is Cc1ccc(CN(Cc2ccccc2)C(=O)CN(C(=O)c2ccccc2C)C(C)C)o1. The molecule has 0 saturated heterocycles. The Morgan fingerprint density at radius 3 is 2.16 bits per heavy atom. The van der Waals surface area contributed by atoms with E-state index in [0.717, 1.165) is 22.6 Å². The van der Waals surface area contributed by atoms with Crippen LogP contribution in [0, 0.1) is 13.8 Å². The highest BCUT2D eigenvalue weighted by molar-refractivity contribution is 5.97. The molecule has 31 heavy (non-hydrogen) atoms. The van der Waals surface area contributed by atoms with Crippen molar-refractivity contribution in [2.24, 2.45) is 0 Å². The molecule has 0 saturated carbocycles. The monoisotopic (exact) mass is 418 g/mol.